The van der Waals surface area contributed by atoms with Gasteiger partial charge in [0.15, 0.2) is 11.5 Å². The summed E-state index contributed by atoms with van der Waals surface area (Å²) in [5.74, 6) is 2.15. The fraction of sp³-hybridized carbons (Fsp3) is 0.455. The Kier molecular flexibility index (Phi) is 4.91. The summed E-state index contributed by atoms with van der Waals surface area (Å²) in [5, 5.41) is 0. The second-order valence-electron chi connectivity index (χ2n) is 6.92. The maximum absolute atomic E-state index is 5.90. The minimum absolute atomic E-state index is 0.367. The van der Waals surface area contributed by atoms with Gasteiger partial charge in [0.25, 0.3) is 0 Å². The minimum atomic E-state index is 0.367. The van der Waals surface area contributed by atoms with Crippen LogP contribution in [-0.2, 0) is 0 Å². The second-order valence-corrected chi connectivity index (χ2v) is 6.92. The first kappa shape index (κ1) is 17.1. The van der Waals surface area contributed by atoms with E-state index in [2.05, 4.69) is 17.1 Å². The van der Waals surface area contributed by atoms with E-state index < -0.39 is 0 Å². The van der Waals surface area contributed by atoms with Crippen molar-refractivity contribution in [2.75, 3.05) is 13.2 Å². The van der Waals surface area contributed by atoms with Crippen LogP contribution >= 0.6 is 0 Å². The standard InChI is InChI=1S/C22H26N2O2/c1-3-25-20-13-17-16-7-5-6-8-19(16)24-22(15-9-11-23-12-10-15)18(17)14-21(20)26-4-2/h9-14,16,19H,3-8H2,1-2H3/t16-,19-/m1/s1. The number of ether oxygens (including phenoxy) is 2. The molecule has 0 N–H and O–H groups in total. The Morgan fingerprint density at radius 3 is 2.38 bits per heavy atom. The van der Waals surface area contributed by atoms with Gasteiger partial charge in [-0.15, -0.1) is 0 Å². The van der Waals surface area contributed by atoms with Gasteiger partial charge in [-0.25, -0.2) is 0 Å². The zero-order chi connectivity index (χ0) is 17.9. The van der Waals surface area contributed by atoms with Gasteiger partial charge in [0.05, 0.1) is 25.0 Å². The maximum atomic E-state index is 5.90. The molecule has 4 heteroatoms. The van der Waals surface area contributed by atoms with Crippen molar-refractivity contribution >= 4 is 5.71 Å². The highest BCUT2D eigenvalue weighted by Gasteiger charge is 2.34. The third-order valence-electron chi connectivity index (χ3n) is 5.35. The number of aliphatic imine (C=N–C) groups is 1. The van der Waals surface area contributed by atoms with Gasteiger partial charge in [-0.05, 0) is 56.5 Å². The lowest BCUT2D eigenvalue weighted by Gasteiger charge is -2.36. The monoisotopic (exact) mass is 350 g/mol. The third kappa shape index (κ3) is 3.09. The van der Waals surface area contributed by atoms with Crippen LogP contribution in [0, 0.1) is 0 Å². The van der Waals surface area contributed by atoms with E-state index in [0.717, 1.165) is 29.2 Å². The SMILES string of the molecule is CCOc1cc2c(cc1OCC)[C@H]1CCCC[C@H]1N=C2c1ccncc1. The fourth-order valence-corrected chi connectivity index (χ4v) is 4.23. The van der Waals surface area contributed by atoms with Gasteiger partial charge >= 0.3 is 0 Å². The fourth-order valence-electron chi connectivity index (χ4n) is 4.23. The first-order valence-electron chi connectivity index (χ1n) is 9.74. The topological polar surface area (TPSA) is 43.7 Å². The minimum Gasteiger partial charge on any atom is -0.490 e. The van der Waals surface area contributed by atoms with Crippen LogP contribution in [0.1, 0.15) is 62.1 Å². The zero-order valence-corrected chi connectivity index (χ0v) is 15.6. The summed E-state index contributed by atoms with van der Waals surface area (Å²) in [5.41, 5.74) is 4.74. The van der Waals surface area contributed by atoms with Crippen molar-refractivity contribution in [1.29, 1.82) is 0 Å². The molecule has 0 radical (unpaired) electrons. The second kappa shape index (κ2) is 7.48. The van der Waals surface area contributed by atoms with Crippen LogP contribution in [-0.4, -0.2) is 30.0 Å². The Hall–Kier alpha value is -2.36. The van der Waals surface area contributed by atoms with Crippen LogP contribution in [0.4, 0.5) is 0 Å². The Labute approximate surface area is 155 Å². The molecule has 0 bridgehead atoms. The average molecular weight is 350 g/mol. The number of pyridine rings is 1. The summed E-state index contributed by atoms with van der Waals surface area (Å²) >= 11 is 0. The molecule has 2 aliphatic rings. The molecule has 0 saturated heterocycles. The molecule has 1 aliphatic carbocycles. The van der Waals surface area contributed by atoms with Crippen molar-refractivity contribution < 1.29 is 9.47 Å². The van der Waals surface area contributed by atoms with Gasteiger partial charge in [0.1, 0.15) is 0 Å². The van der Waals surface area contributed by atoms with Gasteiger partial charge in [0.2, 0.25) is 0 Å². The van der Waals surface area contributed by atoms with E-state index >= 15 is 0 Å². The number of hydrogen-bond donors (Lipinski definition) is 0. The molecule has 1 saturated carbocycles. The summed E-state index contributed by atoms with van der Waals surface area (Å²) in [6.07, 6.45) is 8.57. The molecule has 1 aromatic carbocycles. The molecule has 2 atom stereocenters. The molecule has 4 nitrogen and oxygen atoms in total. The van der Waals surface area contributed by atoms with Crippen LogP contribution < -0.4 is 9.47 Å². The first-order valence-corrected chi connectivity index (χ1v) is 9.74. The molecule has 0 unspecified atom stereocenters. The van der Waals surface area contributed by atoms with Crippen molar-refractivity contribution in [3.8, 4) is 11.5 Å². The quantitative estimate of drug-likeness (QED) is 0.781. The van der Waals surface area contributed by atoms with Gasteiger partial charge in [-0.1, -0.05) is 12.8 Å². The molecule has 136 valence electrons. The predicted molar refractivity (Wildman–Crippen MR) is 104 cm³/mol. The van der Waals surface area contributed by atoms with E-state index in [9.17, 15) is 0 Å². The largest absolute Gasteiger partial charge is 0.490 e. The van der Waals surface area contributed by atoms with Gasteiger partial charge in [-0.3, -0.25) is 9.98 Å². The van der Waals surface area contributed by atoms with Gasteiger partial charge < -0.3 is 9.47 Å². The normalized spacial score (nSPS) is 21.4. The van der Waals surface area contributed by atoms with E-state index in [1.807, 2.05) is 38.4 Å². The molecule has 26 heavy (non-hydrogen) atoms. The Morgan fingerprint density at radius 1 is 0.962 bits per heavy atom. The number of fused-ring (bicyclic) bond motifs is 3. The summed E-state index contributed by atoms with van der Waals surface area (Å²) < 4.78 is 11.8. The number of aromatic nitrogens is 1. The van der Waals surface area contributed by atoms with Gasteiger partial charge in [0, 0.05) is 29.4 Å². The molecule has 2 aromatic rings. The van der Waals surface area contributed by atoms with Gasteiger partial charge in [-0.2, -0.15) is 0 Å². The Bertz CT molecular complexity index is 801. The lowest BCUT2D eigenvalue weighted by molar-refractivity contribution is 0.286. The van der Waals surface area contributed by atoms with Crippen molar-refractivity contribution in [2.24, 2.45) is 4.99 Å². The van der Waals surface area contributed by atoms with Crippen molar-refractivity contribution in [3.05, 3.63) is 53.3 Å². The molecule has 0 spiro atoms. The molecular weight excluding hydrogens is 324 g/mol. The molecule has 1 aliphatic heterocycles. The highest BCUT2D eigenvalue weighted by Crippen LogP contribution is 2.44. The molecular formula is C22H26N2O2. The lowest BCUT2D eigenvalue weighted by Crippen LogP contribution is -2.29. The van der Waals surface area contributed by atoms with Crippen LogP contribution in [0.2, 0.25) is 0 Å². The summed E-state index contributed by atoms with van der Waals surface area (Å²) in [6.45, 7) is 5.28. The van der Waals surface area contributed by atoms with E-state index in [0.29, 0.717) is 25.2 Å². The van der Waals surface area contributed by atoms with Crippen LogP contribution in [0.25, 0.3) is 0 Å². The van der Waals surface area contributed by atoms with Crippen LogP contribution in [0.15, 0.2) is 41.7 Å². The number of rotatable bonds is 5. The summed E-state index contributed by atoms with van der Waals surface area (Å²) in [6, 6.07) is 8.80. The van der Waals surface area contributed by atoms with Crippen LogP contribution in [0.3, 0.4) is 0 Å². The van der Waals surface area contributed by atoms with E-state index in [4.69, 9.17) is 14.5 Å². The number of benzene rings is 1. The van der Waals surface area contributed by atoms with Crippen molar-refractivity contribution in [3.63, 3.8) is 0 Å². The van der Waals surface area contributed by atoms with Crippen LogP contribution in [0.5, 0.6) is 11.5 Å². The number of hydrogen-bond acceptors (Lipinski definition) is 4. The molecule has 0 amide bonds. The summed E-state index contributed by atoms with van der Waals surface area (Å²) in [4.78, 5) is 9.35. The highest BCUT2D eigenvalue weighted by molar-refractivity contribution is 6.14. The average Bonchev–Trinajstić information content (AvgIpc) is 2.69. The lowest BCUT2D eigenvalue weighted by atomic mass is 9.75. The van der Waals surface area contributed by atoms with Crippen molar-refractivity contribution in [2.45, 2.75) is 51.5 Å². The molecule has 1 fully saturated rings. The van der Waals surface area contributed by atoms with E-state index in [1.165, 1.54) is 30.4 Å². The zero-order valence-electron chi connectivity index (χ0n) is 15.6. The third-order valence-corrected chi connectivity index (χ3v) is 5.35. The van der Waals surface area contributed by atoms with E-state index in [-0.39, 0.29) is 0 Å². The van der Waals surface area contributed by atoms with E-state index in [1.54, 1.807) is 0 Å². The van der Waals surface area contributed by atoms with Crippen molar-refractivity contribution in [1.82, 2.24) is 4.98 Å². The summed E-state index contributed by atoms with van der Waals surface area (Å²) in [7, 11) is 0. The molecule has 1 aromatic heterocycles. The first-order chi connectivity index (χ1) is 12.8. The smallest absolute Gasteiger partial charge is 0.161 e. The Morgan fingerprint density at radius 2 is 1.65 bits per heavy atom. The maximum Gasteiger partial charge on any atom is 0.161 e. The highest BCUT2D eigenvalue weighted by atomic mass is 16.5. The molecule has 4 rings (SSSR count). The Balaban J connectivity index is 1.88. The number of nitrogens with zero attached hydrogens (tertiary/aromatic N) is 2. The molecule has 2 heterocycles. The predicted octanol–water partition coefficient (Wildman–Crippen LogP) is 4.76.